The minimum Gasteiger partial charge on any atom is -0.381 e. The summed E-state index contributed by atoms with van der Waals surface area (Å²) in [6.45, 7) is 15.1. The van der Waals surface area contributed by atoms with Gasteiger partial charge in [-0.15, -0.1) is 11.3 Å². The normalized spacial score (nSPS) is 23.2. The van der Waals surface area contributed by atoms with Crippen molar-refractivity contribution < 1.29 is 4.74 Å². The molecule has 1 saturated heterocycles. The van der Waals surface area contributed by atoms with Gasteiger partial charge < -0.3 is 10.1 Å². The van der Waals surface area contributed by atoms with Gasteiger partial charge in [-0.2, -0.15) is 0 Å². The average molecular weight is 296 g/mol. The maximum absolute atomic E-state index is 5.62. The Labute approximate surface area is 127 Å². The van der Waals surface area contributed by atoms with Crippen LogP contribution in [0.15, 0.2) is 5.38 Å². The Kier molecular flexibility index (Phi) is 4.57. The van der Waals surface area contributed by atoms with E-state index in [2.05, 4.69) is 52.2 Å². The van der Waals surface area contributed by atoms with Crippen LogP contribution in [0.1, 0.15) is 58.7 Å². The lowest BCUT2D eigenvalue weighted by atomic mass is 9.84. The molecule has 1 aliphatic rings. The van der Waals surface area contributed by atoms with Gasteiger partial charge in [-0.25, -0.2) is 4.98 Å². The van der Waals surface area contributed by atoms with Crippen molar-refractivity contribution in [2.24, 2.45) is 5.92 Å². The molecule has 2 rings (SSSR count). The number of thiazole rings is 1. The second-order valence-corrected chi connectivity index (χ2v) is 8.21. The fourth-order valence-corrected chi connectivity index (χ4v) is 4.05. The third-order valence-electron chi connectivity index (χ3n) is 4.05. The van der Waals surface area contributed by atoms with E-state index < -0.39 is 0 Å². The topological polar surface area (TPSA) is 34.2 Å². The second kappa shape index (κ2) is 5.74. The van der Waals surface area contributed by atoms with E-state index in [-0.39, 0.29) is 11.0 Å². The molecule has 0 spiro atoms. The highest BCUT2D eigenvalue weighted by atomic mass is 32.1. The average Bonchev–Trinajstić information content (AvgIpc) is 2.99. The van der Waals surface area contributed by atoms with Crippen LogP contribution >= 0.6 is 11.3 Å². The molecule has 1 N–H and O–H groups in total. The van der Waals surface area contributed by atoms with Gasteiger partial charge in [0.25, 0.3) is 0 Å². The van der Waals surface area contributed by atoms with Gasteiger partial charge in [0.15, 0.2) is 0 Å². The molecule has 0 radical (unpaired) electrons. The quantitative estimate of drug-likeness (QED) is 0.920. The van der Waals surface area contributed by atoms with E-state index in [0.717, 1.165) is 19.6 Å². The second-order valence-electron chi connectivity index (χ2n) is 7.35. The number of nitrogens with one attached hydrogen (secondary N) is 1. The number of aromatic nitrogens is 1. The molecule has 0 aliphatic carbocycles. The highest BCUT2D eigenvalue weighted by Crippen LogP contribution is 2.38. The van der Waals surface area contributed by atoms with Gasteiger partial charge >= 0.3 is 0 Å². The Morgan fingerprint density at radius 1 is 1.35 bits per heavy atom. The van der Waals surface area contributed by atoms with E-state index in [4.69, 9.17) is 9.72 Å². The van der Waals surface area contributed by atoms with Gasteiger partial charge in [-0.05, 0) is 27.2 Å². The number of hydrogen-bond donors (Lipinski definition) is 1. The molecule has 1 fully saturated rings. The van der Waals surface area contributed by atoms with Crippen LogP contribution in [0, 0.1) is 5.92 Å². The third kappa shape index (κ3) is 3.23. The number of rotatable bonds is 4. The minimum atomic E-state index is -0.0845. The fraction of sp³-hybridized carbons (Fsp3) is 0.812. The van der Waals surface area contributed by atoms with Crippen molar-refractivity contribution >= 4 is 11.3 Å². The van der Waals surface area contributed by atoms with Crippen LogP contribution in [0.4, 0.5) is 0 Å². The van der Waals surface area contributed by atoms with Crippen LogP contribution in [-0.4, -0.2) is 24.2 Å². The van der Waals surface area contributed by atoms with Gasteiger partial charge in [-0.1, -0.05) is 20.8 Å². The summed E-state index contributed by atoms with van der Waals surface area (Å²) in [6.07, 6.45) is 1.11. The van der Waals surface area contributed by atoms with Gasteiger partial charge in [0, 0.05) is 29.4 Å². The number of nitrogens with zero attached hydrogens (tertiary/aromatic N) is 1. The first-order valence-corrected chi connectivity index (χ1v) is 8.43. The summed E-state index contributed by atoms with van der Waals surface area (Å²) in [5.74, 6) is 0.504. The Morgan fingerprint density at radius 3 is 2.50 bits per heavy atom. The monoisotopic (exact) mass is 296 g/mol. The zero-order valence-corrected chi connectivity index (χ0v) is 14.4. The smallest absolute Gasteiger partial charge is 0.113 e. The van der Waals surface area contributed by atoms with Crippen LogP contribution in [0.2, 0.25) is 0 Å². The summed E-state index contributed by atoms with van der Waals surface area (Å²) in [6, 6.07) is 0.433. The maximum Gasteiger partial charge on any atom is 0.113 e. The highest BCUT2D eigenvalue weighted by molar-refractivity contribution is 7.09. The lowest BCUT2D eigenvalue weighted by Crippen LogP contribution is -2.49. The van der Waals surface area contributed by atoms with Crippen molar-refractivity contribution in [1.29, 1.82) is 0 Å². The Balaban J connectivity index is 2.33. The summed E-state index contributed by atoms with van der Waals surface area (Å²) < 4.78 is 5.62. The molecule has 20 heavy (non-hydrogen) atoms. The summed E-state index contributed by atoms with van der Waals surface area (Å²) in [7, 11) is 0. The van der Waals surface area contributed by atoms with E-state index in [1.165, 1.54) is 10.7 Å². The van der Waals surface area contributed by atoms with Crippen LogP contribution in [0.5, 0.6) is 0 Å². The first-order valence-electron chi connectivity index (χ1n) is 7.55. The number of ether oxygens (including phenoxy) is 1. The molecule has 1 aliphatic heterocycles. The first-order chi connectivity index (χ1) is 9.23. The molecule has 1 aromatic rings. The van der Waals surface area contributed by atoms with Crippen molar-refractivity contribution in [3.05, 3.63) is 16.1 Å². The van der Waals surface area contributed by atoms with Gasteiger partial charge in [0.2, 0.25) is 0 Å². The van der Waals surface area contributed by atoms with Gasteiger partial charge in [0.05, 0.1) is 17.8 Å². The van der Waals surface area contributed by atoms with Crippen LogP contribution in [0.25, 0.3) is 0 Å². The zero-order valence-electron chi connectivity index (χ0n) is 13.6. The molecule has 4 heteroatoms. The highest BCUT2D eigenvalue weighted by Gasteiger charge is 2.41. The predicted octanol–water partition coefficient (Wildman–Crippen LogP) is 3.69. The van der Waals surface area contributed by atoms with E-state index in [9.17, 15) is 0 Å². The molecule has 0 amide bonds. The predicted molar refractivity (Wildman–Crippen MR) is 85.4 cm³/mol. The molecule has 2 atom stereocenters. The van der Waals surface area contributed by atoms with Crippen molar-refractivity contribution in [2.75, 3.05) is 13.2 Å². The molecule has 1 aromatic heterocycles. The van der Waals surface area contributed by atoms with Crippen molar-refractivity contribution in [2.45, 2.75) is 65.0 Å². The molecule has 0 bridgehead atoms. The van der Waals surface area contributed by atoms with Crippen molar-refractivity contribution in [3.63, 3.8) is 0 Å². The Hall–Kier alpha value is -0.450. The lowest BCUT2D eigenvalue weighted by molar-refractivity contribution is 0.147. The minimum absolute atomic E-state index is 0.0845. The summed E-state index contributed by atoms with van der Waals surface area (Å²) >= 11 is 1.78. The molecule has 0 aromatic carbocycles. The summed E-state index contributed by atoms with van der Waals surface area (Å²) in [5, 5.41) is 7.16. The van der Waals surface area contributed by atoms with Crippen molar-refractivity contribution in [1.82, 2.24) is 10.3 Å². The lowest BCUT2D eigenvalue weighted by Gasteiger charge is -2.36. The number of hydrogen-bond acceptors (Lipinski definition) is 4. The molecule has 2 heterocycles. The fourth-order valence-electron chi connectivity index (χ4n) is 2.80. The summed E-state index contributed by atoms with van der Waals surface area (Å²) in [4.78, 5) is 4.95. The maximum atomic E-state index is 5.62. The Morgan fingerprint density at radius 2 is 2.05 bits per heavy atom. The Bertz CT molecular complexity index is 444. The van der Waals surface area contributed by atoms with Crippen LogP contribution in [0.3, 0.4) is 0 Å². The molecule has 0 saturated carbocycles. The molecule has 2 unspecified atom stereocenters. The molecular weight excluding hydrogens is 268 g/mol. The SMILES string of the molecule is CC(C)NC(C)(c1nc(C(C)(C)C)cs1)C1CCOC1. The first kappa shape index (κ1) is 15.9. The van der Waals surface area contributed by atoms with Gasteiger partial charge in [-0.3, -0.25) is 0 Å². The van der Waals surface area contributed by atoms with E-state index >= 15 is 0 Å². The summed E-state index contributed by atoms with van der Waals surface area (Å²) in [5.41, 5.74) is 1.21. The largest absolute Gasteiger partial charge is 0.381 e. The zero-order chi connectivity index (χ0) is 15.0. The van der Waals surface area contributed by atoms with Crippen LogP contribution in [-0.2, 0) is 15.7 Å². The molecular formula is C16H28N2OS. The third-order valence-corrected chi connectivity index (χ3v) is 5.13. The van der Waals surface area contributed by atoms with Gasteiger partial charge in [0.1, 0.15) is 5.01 Å². The van der Waals surface area contributed by atoms with E-state index in [1.807, 2.05) is 0 Å². The van der Waals surface area contributed by atoms with E-state index in [0.29, 0.717) is 12.0 Å². The molecule has 3 nitrogen and oxygen atoms in total. The van der Waals surface area contributed by atoms with Crippen molar-refractivity contribution in [3.8, 4) is 0 Å². The van der Waals surface area contributed by atoms with Crippen LogP contribution < -0.4 is 5.32 Å². The molecule has 114 valence electrons. The standard InChI is InChI=1S/C16H28N2OS/c1-11(2)18-16(6,12-7-8-19-9-12)14-17-13(10-20-14)15(3,4)5/h10-12,18H,7-9H2,1-6H3. The van der Waals surface area contributed by atoms with E-state index in [1.54, 1.807) is 11.3 Å².